The van der Waals surface area contributed by atoms with Crippen LogP contribution in [0.15, 0.2) is 36.4 Å². The molecule has 276 valence electrons. The number of piperidine rings is 2. The third kappa shape index (κ3) is 8.33. The summed E-state index contributed by atoms with van der Waals surface area (Å²) in [5, 5.41) is 13.4. The van der Waals surface area contributed by atoms with Crippen molar-refractivity contribution in [3.05, 3.63) is 58.7 Å². The molecule has 3 saturated heterocycles. The Morgan fingerprint density at radius 3 is 2.27 bits per heavy atom. The van der Waals surface area contributed by atoms with Gasteiger partial charge in [0.1, 0.15) is 11.8 Å². The van der Waals surface area contributed by atoms with Crippen LogP contribution in [0.25, 0.3) is 0 Å². The van der Waals surface area contributed by atoms with Gasteiger partial charge >= 0.3 is 12.0 Å². The molecule has 4 amide bonds. The molecule has 0 aliphatic carbocycles. The van der Waals surface area contributed by atoms with Crippen molar-refractivity contribution in [1.82, 2.24) is 24.5 Å². The van der Waals surface area contributed by atoms with E-state index in [0.29, 0.717) is 52.0 Å². The molecule has 2 unspecified atom stereocenters. The van der Waals surface area contributed by atoms with Crippen LogP contribution in [0.3, 0.4) is 0 Å². The van der Waals surface area contributed by atoms with Crippen molar-refractivity contribution in [2.75, 3.05) is 64.8 Å². The number of rotatable bonds is 9. The number of amides is 4. The van der Waals surface area contributed by atoms with Crippen LogP contribution in [-0.4, -0.2) is 131 Å². The van der Waals surface area contributed by atoms with Gasteiger partial charge in [-0.25, -0.2) is 4.79 Å². The van der Waals surface area contributed by atoms with Crippen LogP contribution in [0.4, 0.5) is 10.5 Å². The number of carbonyl (C=O) groups is 4. The summed E-state index contributed by atoms with van der Waals surface area (Å²) in [7, 11) is 2.11. The van der Waals surface area contributed by atoms with Gasteiger partial charge in [0.15, 0.2) is 0 Å². The maximum Gasteiger partial charge on any atom is 0.325 e. The summed E-state index contributed by atoms with van der Waals surface area (Å²) >= 11 is 0. The molecule has 2 atom stereocenters. The minimum Gasteiger partial charge on any atom is -0.507 e. The number of phenols is 1. The lowest BCUT2D eigenvalue weighted by molar-refractivity contribution is -0.157. The van der Waals surface area contributed by atoms with Gasteiger partial charge in [0.2, 0.25) is 11.8 Å². The van der Waals surface area contributed by atoms with Gasteiger partial charge in [0.25, 0.3) is 0 Å². The number of nitrogens with one attached hydrogen (secondary N) is 1. The second kappa shape index (κ2) is 16.0. The van der Waals surface area contributed by atoms with Crippen molar-refractivity contribution < 1.29 is 29.0 Å². The fourth-order valence-corrected chi connectivity index (χ4v) is 8.45. The Morgan fingerprint density at radius 2 is 1.59 bits per heavy atom. The van der Waals surface area contributed by atoms with Crippen LogP contribution in [0, 0.1) is 19.8 Å². The van der Waals surface area contributed by atoms with E-state index in [0.717, 1.165) is 53.9 Å². The molecule has 2 N–H and O–H groups in total. The first-order valence-corrected chi connectivity index (χ1v) is 18.6. The minimum atomic E-state index is -0.638. The molecule has 4 aliphatic rings. The molecule has 4 heterocycles. The van der Waals surface area contributed by atoms with E-state index in [4.69, 9.17) is 4.74 Å². The largest absolute Gasteiger partial charge is 0.507 e. The summed E-state index contributed by atoms with van der Waals surface area (Å²) in [4.78, 5) is 64.7. The number of urea groups is 1. The molecule has 4 aliphatic heterocycles. The molecule has 51 heavy (non-hydrogen) atoms. The van der Waals surface area contributed by atoms with E-state index < -0.39 is 12.0 Å². The lowest BCUT2D eigenvalue weighted by Crippen LogP contribution is -2.62. The minimum absolute atomic E-state index is 0.0171. The quantitative estimate of drug-likeness (QED) is 0.379. The van der Waals surface area contributed by atoms with Crippen LogP contribution in [0.5, 0.6) is 5.75 Å². The van der Waals surface area contributed by atoms with Crippen LogP contribution in [0.2, 0.25) is 0 Å². The zero-order valence-electron chi connectivity index (χ0n) is 30.6. The number of carbonyl (C=O) groups excluding carboxylic acids is 4. The summed E-state index contributed by atoms with van der Waals surface area (Å²) in [6, 6.07) is 11.2. The Balaban J connectivity index is 1.15. The number of ether oxygens (including phenoxy) is 1. The summed E-state index contributed by atoms with van der Waals surface area (Å²) < 4.78 is 5.52. The second-order valence-electron chi connectivity index (χ2n) is 14.8. The highest BCUT2D eigenvalue weighted by Crippen LogP contribution is 2.30. The monoisotopic (exact) mass is 702 g/mol. The smallest absolute Gasteiger partial charge is 0.325 e. The van der Waals surface area contributed by atoms with E-state index >= 15 is 0 Å². The first-order chi connectivity index (χ1) is 24.5. The topological polar surface area (TPSA) is 126 Å². The molecule has 0 aromatic heterocycles. The normalized spacial score (nSPS) is 21.6. The van der Waals surface area contributed by atoms with Crippen LogP contribution >= 0.6 is 0 Å². The van der Waals surface area contributed by atoms with Gasteiger partial charge in [-0.15, -0.1) is 0 Å². The van der Waals surface area contributed by atoms with Gasteiger partial charge in [-0.3, -0.25) is 19.3 Å². The fraction of sp³-hybridized carbons (Fsp3) is 0.590. The highest BCUT2D eigenvalue weighted by Gasteiger charge is 2.41. The SMILES string of the molecule is CCOC(=O)C1CN(C(=O)C(CC(=O)N2CCC(N3Cc4ccccc4NC3=O)CC2)Cc2cc(C)c(O)c(C)c2)CCN1C1CCN(C)CC1. The molecule has 12 heteroatoms. The highest BCUT2D eigenvalue weighted by molar-refractivity contribution is 5.92. The van der Waals surface area contributed by atoms with E-state index in [1.807, 2.05) is 60.0 Å². The van der Waals surface area contributed by atoms with Crippen molar-refractivity contribution in [2.24, 2.45) is 5.92 Å². The Bertz CT molecular complexity index is 1580. The highest BCUT2D eigenvalue weighted by atomic mass is 16.5. The number of anilines is 1. The van der Waals surface area contributed by atoms with Crippen LogP contribution in [0.1, 0.15) is 61.3 Å². The number of hydrogen-bond donors (Lipinski definition) is 2. The summed E-state index contributed by atoms with van der Waals surface area (Å²) in [6.45, 7) is 10.5. The van der Waals surface area contributed by atoms with Crippen LogP contribution < -0.4 is 5.32 Å². The first-order valence-electron chi connectivity index (χ1n) is 18.6. The summed E-state index contributed by atoms with van der Waals surface area (Å²) in [6.07, 6.45) is 3.63. The Morgan fingerprint density at radius 1 is 0.922 bits per heavy atom. The van der Waals surface area contributed by atoms with Crippen molar-refractivity contribution in [1.29, 1.82) is 0 Å². The molecule has 2 aromatic rings. The molecule has 6 rings (SSSR count). The van der Waals surface area contributed by atoms with Crippen LogP contribution in [-0.2, 0) is 32.1 Å². The van der Waals surface area contributed by atoms with E-state index in [9.17, 15) is 24.3 Å². The molecule has 12 nitrogen and oxygen atoms in total. The first kappa shape index (κ1) is 36.6. The molecule has 0 saturated carbocycles. The van der Waals surface area contributed by atoms with E-state index in [1.165, 1.54) is 0 Å². The predicted octanol–water partition coefficient (Wildman–Crippen LogP) is 3.77. The molecule has 0 bridgehead atoms. The van der Waals surface area contributed by atoms with E-state index in [2.05, 4.69) is 22.2 Å². The number of esters is 1. The van der Waals surface area contributed by atoms with E-state index in [-0.39, 0.29) is 61.2 Å². The van der Waals surface area contributed by atoms with Gasteiger partial charge in [0.05, 0.1) is 12.5 Å². The Hall–Kier alpha value is -4.16. The average molecular weight is 703 g/mol. The summed E-state index contributed by atoms with van der Waals surface area (Å²) in [5.41, 5.74) is 4.26. The molecule has 0 radical (unpaired) electrons. The lowest BCUT2D eigenvalue weighted by atomic mass is 9.91. The molecular weight excluding hydrogens is 648 g/mol. The number of likely N-dealkylation sites (tertiary alicyclic amines) is 2. The lowest BCUT2D eigenvalue weighted by Gasteiger charge is -2.46. The number of aryl methyl sites for hydroxylation is 2. The maximum absolute atomic E-state index is 14.5. The maximum atomic E-state index is 14.5. The van der Waals surface area contributed by atoms with Gasteiger partial charge < -0.3 is 34.8 Å². The number of aromatic hydroxyl groups is 1. The van der Waals surface area contributed by atoms with Gasteiger partial charge in [0, 0.05) is 63.5 Å². The third-order valence-electron chi connectivity index (χ3n) is 11.4. The number of piperazine rings is 1. The van der Waals surface area contributed by atoms with Gasteiger partial charge in [-0.1, -0.05) is 30.3 Å². The van der Waals surface area contributed by atoms with Gasteiger partial charge in [-0.05, 0) is 101 Å². The number of para-hydroxylation sites is 1. The molecular formula is C39H54N6O6. The predicted molar refractivity (Wildman–Crippen MR) is 194 cm³/mol. The number of phenolic OH excluding ortho intramolecular Hbond substituents is 1. The molecule has 0 spiro atoms. The number of nitrogens with zero attached hydrogens (tertiary/aromatic N) is 5. The zero-order chi connectivity index (χ0) is 36.2. The Kier molecular flexibility index (Phi) is 11.5. The Labute approximate surface area is 301 Å². The fourth-order valence-electron chi connectivity index (χ4n) is 8.45. The number of benzene rings is 2. The zero-order valence-corrected chi connectivity index (χ0v) is 30.6. The second-order valence-corrected chi connectivity index (χ2v) is 14.8. The molecule has 3 fully saturated rings. The van der Waals surface area contributed by atoms with E-state index in [1.54, 1.807) is 11.8 Å². The number of hydrogen-bond acceptors (Lipinski definition) is 8. The summed E-state index contributed by atoms with van der Waals surface area (Å²) in [5.74, 6) is -0.934. The average Bonchev–Trinajstić information content (AvgIpc) is 3.13. The van der Waals surface area contributed by atoms with Crippen molar-refractivity contribution in [3.8, 4) is 5.75 Å². The van der Waals surface area contributed by atoms with Crippen molar-refractivity contribution >= 4 is 29.5 Å². The molecule has 2 aromatic carbocycles. The number of fused-ring (bicyclic) bond motifs is 1. The third-order valence-corrected chi connectivity index (χ3v) is 11.4. The standard InChI is InChI=1S/C39H54N6O6/c1-5-51-38(49)34-25-43(18-19-44(34)31-10-14-41(4)15-11-31)37(48)30(22-28-20-26(2)36(47)27(3)21-28)23-35(46)42-16-12-32(13-17-42)45-24-29-8-6-7-9-33(29)40-39(45)50/h6-9,20-21,30-32,34,47H,5,10-19,22-25H2,1-4H3,(H,40,50). The van der Waals surface area contributed by atoms with Crippen molar-refractivity contribution in [3.63, 3.8) is 0 Å². The van der Waals surface area contributed by atoms with Crippen molar-refractivity contribution in [2.45, 2.75) is 84.0 Å². The van der Waals surface area contributed by atoms with Gasteiger partial charge in [-0.2, -0.15) is 0 Å².